The summed E-state index contributed by atoms with van der Waals surface area (Å²) in [5, 5.41) is 0. The Morgan fingerprint density at radius 3 is 2.50 bits per heavy atom. The molecular formula is C11H22N3O3P. The van der Waals surface area contributed by atoms with Crippen LogP contribution in [0.4, 0.5) is 0 Å². The molecule has 104 valence electrons. The van der Waals surface area contributed by atoms with E-state index < -0.39 is 8.53 Å². The molecule has 0 bridgehead atoms. The molecule has 0 aromatic rings. The third-order valence-electron chi connectivity index (χ3n) is 3.31. The van der Waals surface area contributed by atoms with Crippen LogP contribution in [0.5, 0.6) is 0 Å². The van der Waals surface area contributed by atoms with Gasteiger partial charge in [-0.3, -0.25) is 0 Å². The molecule has 18 heavy (non-hydrogen) atoms. The zero-order chi connectivity index (χ0) is 13.1. The van der Waals surface area contributed by atoms with Gasteiger partial charge in [-0.25, -0.2) is 0 Å². The van der Waals surface area contributed by atoms with E-state index in [4.69, 9.17) is 13.8 Å². The molecule has 2 aliphatic heterocycles. The second-order valence-corrected chi connectivity index (χ2v) is 5.92. The van der Waals surface area contributed by atoms with Crippen molar-refractivity contribution < 1.29 is 13.8 Å². The van der Waals surface area contributed by atoms with E-state index in [0.29, 0.717) is 0 Å². The number of nitrogens with zero attached hydrogens (tertiary/aromatic N) is 3. The van der Waals surface area contributed by atoms with Crippen molar-refractivity contribution in [1.29, 1.82) is 0 Å². The van der Waals surface area contributed by atoms with Gasteiger partial charge in [0.05, 0.1) is 12.2 Å². The third-order valence-corrected chi connectivity index (χ3v) is 4.42. The number of ether oxygens (including phenoxy) is 1. The van der Waals surface area contributed by atoms with Gasteiger partial charge in [0.15, 0.2) is 0 Å². The van der Waals surface area contributed by atoms with Crippen LogP contribution in [0, 0.1) is 0 Å². The fourth-order valence-corrected chi connectivity index (χ4v) is 3.27. The van der Waals surface area contributed by atoms with Gasteiger partial charge in [-0.15, -0.1) is 0 Å². The molecule has 2 fully saturated rings. The zero-order valence-electron chi connectivity index (χ0n) is 11.5. The SMILES string of the molecule is COP(N=C1N(C)CCN1C)O[C@@H]1CCOC1C. The normalized spacial score (nSPS) is 30.1. The third kappa shape index (κ3) is 3.12. The summed E-state index contributed by atoms with van der Waals surface area (Å²) in [5.74, 6) is 0.939. The molecule has 0 spiro atoms. The van der Waals surface area contributed by atoms with E-state index in [2.05, 4.69) is 14.6 Å². The monoisotopic (exact) mass is 275 g/mol. The van der Waals surface area contributed by atoms with E-state index in [0.717, 1.165) is 32.1 Å². The van der Waals surface area contributed by atoms with Crippen molar-refractivity contribution >= 4 is 14.5 Å². The lowest BCUT2D eigenvalue weighted by molar-refractivity contribution is 0.0665. The average Bonchev–Trinajstić information content (AvgIpc) is 2.89. The van der Waals surface area contributed by atoms with Crippen LogP contribution >= 0.6 is 8.53 Å². The first-order valence-corrected chi connectivity index (χ1v) is 7.38. The molecule has 3 atom stereocenters. The van der Waals surface area contributed by atoms with Gasteiger partial charge < -0.3 is 23.6 Å². The first-order chi connectivity index (χ1) is 8.61. The van der Waals surface area contributed by atoms with Crippen LogP contribution in [0.1, 0.15) is 13.3 Å². The number of likely N-dealkylation sites (N-methyl/N-ethyl adjacent to an activating group) is 2. The summed E-state index contributed by atoms with van der Waals surface area (Å²) in [4.78, 5) is 4.23. The Morgan fingerprint density at radius 2 is 2.00 bits per heavy atom. The molecule has 2 saturated heterocycles. The molecule has 2 unspecified atom stereocenters. The van der Waals surface area contributed by atoms with Crippen LogP contribution < -0.4 is 0 Å². The molecule has 6 nitrogen and oxygen atoms in total. The van der Waals surface area contributed by atoms with Crippen molar-refractivity contribution in [1.82, 2.24) is 9.80 Å². The van der Waals surface area contributed by atoms with Crippen molar-refractivity contribution in [3.8, 4) is 0 Å². The standard InChI is InChI=1S/C11H22N3O3P/c1-9-10(5-8-16-9)17-18(15-4)12-11-13(2)6-7-14(11)3/h9-10H,5-8H2,1-4H3/t9?,10-,18?/m1/s1. The average molecular weight is 275 g/mol. The summed E-state index contributed by atoms with van der Waals surface area (Å²) in [7, 11) is 4.48. The molecule has 2 heterocycles. The molecule has 0 amide bonds. The Morgan fingerprint density at radius 1 is 1.33 bits per heavy atom. The molecule has 0 saturated carbocycles. The molecule has 2 rings (SSSR count). The lowest BCUT2D eigenvalue weighted by atomic mass is 10.2. The van der Waals surface area contributed by atoms with E-state index >= 15 is 0 Å². The maximum absolute atomic E-state index is 5.91. The van der Waals surface area contributed by atoms with Crippen molar-refractivity contribution in [3.05, 3.63) is 0 Å². The molecule has 2 aliphatic rings. The van der Waals surface area contributed by atoms with Gasteiger partial charge in [0, 0.05) is 40.9 Å². The molecule has 0 aromatic heterocycles. The molecule has 7 heteroatoms. The van der Waals surface area contributed by atoms with Crippen LogP contribution in [0.15, 0.2) is 4.76 Å². The fraction of sp³-hybridized carbons (Fsp3) is 0.909. The lowest BCUT2D eigenvalue weighted by Gasteiger charge is -2.21. The van der Waals surface area contributed by atoms with Gasteiger partial charge >= 0.3 is 8.53 Å². The topological polar surface area (TPSA) is 46.5 Å². The van der Waals surface area contributed by atoms with Gasteiger partial charge in [0.1, 0.15) is 0 Å². The van der Waals surface area contributed by atoms with Gasteiger partial charge in [-0.2, -0.15) is 4.76 Å². The Labute approximate surface area is 110 Å². The first-order valence-electron chi connectivity index (χ1n) is 6.25. The molecule has 0 aromatic carbocycles. The Bertz CT molecular complexity index is 304. The summed E-state index contributed by atoms with van der Waals surface area (Å²) in [5.41, 5.74) is 0. The predicted octanol–water partition coefficient (Wildman–Crippen LogP) is 1.29. The van der Waals surface area contributed by atoms with Crippen molar-refractivity contribution in [3.63, 3.8) is 0 Å². The highest BCUT2D eigenvalue weighted by atomic mass is 31.2. The van der Waals surface area contributed by atoms with Gasteiger partial charge in [0.25, 0.3) is 0 Å². The minimum absolute atomic E-state index is 0.0948. The van der Waals surface area contributed by atoms with E-state index in [-0.39, 0.29) is 12.2 Å². The Kier molecular flexibility index (Phi) is 4.78. The Hall–Kier alpha value is -0.420. The highest BCUT2D eigenvalue weighted by molar-refractivity contribution is 7.46. The smallest absolute Gasteiger partial charge is 0.313 e. The minimum Gasteiger partial charge on any atom is -0.376 e. The number of hydrogen-bond acceptors (Lipinski definition) is 4. The van der Waals surface area contributed by atoms with Crippen molar-refractivity contribution in [2.75, 3.05) is 40.9 Å². The van der Waals surface area contributed by atoms with Gasteiger partial charge in [-0.05, 0) is 13.3 Å². The van der Waals surface area contributed by atoms with E-state index in [9.17, 15) is 0 Å². The first kappa shape index (κ1) is 14.0. The van der Waals surface area contributed by atoms with E-state index in [1.807, 2.05) is 21.0 Å². The number of hydrogen-bond donors (Lipinski definition) is 0. The summed E-state index contributed by atoms with van der Waals surface area (Å²) in [6.45, 7) is 4.77. The zero-order valence-corrected chi connectivity index (χ0v) is 12.4. The Balaban J connectivity index is 1.98. The number of guanidine groups is 1. The van der Waals surface area contributed by atoms with Gasteiger partial charge in [0.2, 0.25) is 5.96 Å². The quantitative estimate of drug-likeness (QED) is 0.723. The van der Waals surface area contributed by atoms with Crippen LogP contribution in [-0.2, 0) is 13.8 Å². The van der Waals surface area contributed by atoms with Gasteiger partial charge in [-0.1, -0.05) is 0 Å². The maximum Gasteiger partial charge on any atom is 0.313 e. The highest BCUT2D eigenvalue weighted by Crippen LogP contribution is 2.43. The summed E-state index contributed by atoms with van der Waals surface area (Å²) in [6, 6.07) is 0. The lowest BCUT2D eigenvalue weighted by Crippen LogP contribution is -2.28. The van der Waals surface area contributed by atoms with Crippen LogP contribution in [-0.4, -0.2) is 68.9 Å². The van der Waals surface area contributed by atoms with Crippen LogP contribution in [0.25, 0.3) is 0 Å². The molecule has 0 N–H and O–H groups in total. The van der Waals surface area contributed by atoms with E-state index in [1.165, 1.54) is 0 Å². The molecule has 0 radical (unpaired) electrons. The summed E-state index contributed by atoms with van der Waals surface area (Å²) in [6.07, 6.45) is 1.14. The number of rotatable bonds is 4. The van der Waals surface area contributed by atoms with Crippen molar-refractivity contribution in [2.45, 2.75) is 25.6 Å². The molecule has 0 aliphatic carbocycles. The van der Waals surface area contributed by atoms with Crippen molar-refractivity contribution in [2.24, 2.45) is 4.76 Å². The fourth-order valence-electron chi connectivity index (χ4n) is 2.09. The van der Waals surface area contributed by atoms with Crippen LogP contribution in [0.2, 0.25) is 0 Å². The second kappa shape index (κ2) is 6.15. The summed E-state index contributed by atoms with van der Waals surface area (Å²) < 4.78 is 21.3. The predicted molar refractivity (Wildman–Crippen MR) is 71.5 cm³/mol. The molecular weight excluding hydrogens is 253 g/mol. The van der Waals surface area contributed by atoms with E-state index in [1.54, 1.807) is 7.11 Å². The summed E-state index contributed by atoms with van der Waals surface area (Å²) >= 11 is 0. The minimum atomic E-state index is -1.24. The largest absolute Gasteiger partial charge is 0.376 e. The maximum atomic E-state index is 5.91. The highest BCUT2D eigenvalue weighted by Gasteiger charge is 2.30. The van der Waals surface area contributed by atoms with Crippen LogP contribution in [0.3, 0.4) is 0 Å². The second-order valence-electron chi connectivity index (χ2n) is 4.67.